The highest BCUT2D eigenvalue weighted by molar-refractivity contribution is 9.10. The summed E-state index contributed by atoms with van der Waals surface area (Å²) in [5, 5.41) is 13.0. The molecule has 1 amide bonds. The number of nitrogens with one attached hydrogen (secondary N) is 2. The van der Waals surface area contributed by atoms with Crippen molar-refractivity contribution >= 4 is 33.5 Å². The van der Waals surface area contributed by atoms with Gasteiger partial charge in [0.1, 0.15) is 11.6 Å². The monoisotopic (exact) mass is 469 g/mol. The van der Waals surface area contributed by atoms with E-state index in [1.54, 1.807) is 31.2 Å². The Kier molecular flexibility index (Phi) is 4.85. The van der Waals surface area contributed by atoms with Crippen molar-refractivity contribution in [2.75, 3.05) is 10.6 Å². The van der Waals surface area contributed by atoms with Gasteiger partial charge in [-0.2, -0.15) is 18.3 Å². The molecule has 1 aromatic carbocycles. The van der Waals surface area contributed by atoms with Crippen LogP contribution in [0.2, 0.25) is 0 Å². The number of benzene rings is 1. The van der Waals surface area contributed by atoms with Crippen molar-refractivity contribution in [1.82, 2.24) is 14.9 Å². The first-order valence-electron chi connectivity index (χ1n) is 8.63. The summed E-state index contributed by atoms with van der Waals surface area (Å²) >= 11 is 3.32. The van der Waals surface area contributed by atoms with E-state index in [0.717, 1.165) is 9.15 Å². The Morgan fingerprint density at radius 1 is 1.31 bits per heavy atom. The predicted octanol–water partition coefficient (Wildman–Crippen LogP) is 4.85. The van der Waals surface area contributed by atoms with Crippen molar-refractivity contribution < 1.29 is 22.5 Å². The molecule has 29 heavy (non-hydrogen) atoms. The van der Waals surface area contributed by atoms with E-state index in [4.69, 9.17) is 4.52 Å². The Morgan fingerprint density at radius 2 is 2.03 bits per heavy atom. The van der Waals surface area contributed by atoms with Crippen LogP contribution in [0.4, 0.5) is 24.8 Å². The number of halogens is 4. The van der Waals surface area contributed by atoms with E-state index in [2.05, 4.69) is 36.8 Å². The maximum absolute atomic E-state index is 13.7. The molecular weight excluding hydrogens is 455 g/mol. The minimum Gasteiger partial charge on any atom is -0.363 e. The first-order chi connectivity index (χ1) is 13.7. The summed E-state index contributed by atoms with van der Waals surface area (Å²) in [6.07, 6.45) is -4.77. The number of amides is 1. The van der Waals surface area contributed by atoms with Crippen LogP contribution in [-0.2, 0) is 0 Å². The SMILES string of the molecule is Cc1cc(NC(=O)c2cc3n(n2)[C@H](C(F)(F)F)C[C@@H](c2ccc(Br)cc2)N3)no1. The summed E-state index contributed by atoms with van der Waals surface area (Å²) < 4.78 is 47.7. The molecule has 0 unspecified atom stereocenters. The Morgan fingerprint density at radius 3 is 2.66 bits per heavy atom. The Bertz CT molecular complexity index is 1040. The topological polar surface area (TPSA) is 85.0 Å². The largest absolute Gasteiger partial charge is 0.410 e. The fourth-order valence-corrected chi connectivity index (χ4v) is 3.47. The zero-order chi connectivity index (χ0) is 20.8. The van der Waals surface area contributed by atoms with Crippen LogP contribution in [0.15, 0.2) is 45.4 Å². The average Bonchev–Trinajstić information content (AvgIpc) is 3.26. The third-order valence-corrected chi connectivity index (χ3v) is 5.09. The summed E-state index contributed by atoms with van der Waals surface area (Å²) in [7, 11) is 0. The molecule has 152 valence electrons. The number of anilines is 2. The van der Waals surface area contributed by atoms with E-state index in [1.807, 2.05) is 0 Å². The fourth-order valence-electron chi connectivity index (χ4n) is 3.20. The van der Waals surface area contributed by atoms with Gasteiger partial charge >= 0.3 is 6.18 Å². The van der Waals surface area contributed by atoms with Crippen LogP contribution >= 0.6 is 15.9 Å². The number of hydrogen-bond acceptors (Lipinski definition) is 5. The normalized spacial score (nSPS) is 18.8. The number of carbonyl (C=O) groups is 1. The second-order valence-electron chi connectivity index (χ2n) is 6.68. The van der Waals surface area contributed by atoms with E-state index < -0.39 is 24.2 Å². The molecule has 3 heterocycles. The van der Waals surface area contributed by atoms with Crippen molar-refractivity contribution in [3.63, 3.8) is 0 Å². The summed E-state index contributed by atoms with van der Waals surface area (Å²) in [5.74, 6) is 0.0863. The highest BCUT2D eigenvalue weighted by atomic mass is 79.9. The summed E-state index contributed by atoms with van der Waals surface area (Å²) in [4.78, 5) is 12.4. The zero-order valence-electron chi connectivity index (χ0n) is 15.0. The summed E-state index contributed by atoms with van der Waals surface area (Å²) in [6, 6.07) is 7.40. The molecule has 2 aromatic heterocycles. The molecule has 0 aliphatic carbocycles. The third-order valence-electron chi connectivity index (χ3n) is 4.56. The lowest BCUT2D eigenvalue weighted by Gasteiger charge is -2.33. The number of carbonyl (C=O) groups excluding carboxylic acids is 1. The molecule has 0 fully saturated rings. The van der Waals surface area contributed by atoms with Gasteiger partial charge in [0, 0.05) is 23.0 Å². The quantitative estimate of drug-likeness (QED) is 0.572. The van der Waals surface area contributed by atoms with Gasteiger partial charge in [-0.3, -0.25) is 4.79 Å². The van der Waals surface area contributed by atoms with Gasteiger partial charge in [0.15, 0.2) is 17.6 Å². The summed E-state index contributed by atoms with van der Waals surface area (Å²) in [5.41, 5.74) is 0.554. The first kappa shape index (κ1) is 19.5. The van der Waals surface area contributed by atoms with Crippen molar-refractivity contribution in [3.05, 3.63) is 57.9 Å². The zero-order valence-corrected chi connectivity index (χ0v) is 16.6. The average molecular weight is 470 g/mol. The minimum absolute atomic E-state index is 0.118. The van der Waals surface area contributed by atoms with Crippen LogP contribution in [0, 0.1) is 6.92 Å². The summed E-state index contributed by atoms with van der Waals surface area (Å²) in [6.45, 7) is 1.65. The smallest absolute Gasteiger partial charge is 0.363 e. The molecule has 11 heteroatoms. The molecule has 2 atom stereocenters. The molecule has 0 bridgehead atoms. The number of fused-ring (bicyclic) bond motifs is 1. The van der Waals surface area contributed by atoms with Gasteiger partial charge in [-0.15, -0.1) is 0 Å². The molecule has 0 saturated heterocycles. The number of hydrogen-bond donors (Lipinski definition) is 2. The number of aryl methyl sites for hydroxylation is 1. The molecular formula is C18H15BrF3N5O2. The number of aromatic nitrogens is 3. The van der Waals surface area contributed by atoms with E-state index >= 15 is 0 Å². The predicted molar refractivity (Wildman–Crippen MR) is 102 cm³/mol. The number of nitrogens with zero attached hydrogens (tertiary/aromatic N) is 3. The Labute approximate surface area is 171 Å². The number of alkyl halides is 3. The standard InChI is InChI=1S/C18H15BrF3N5O2/c1-9-6-15(26-29-9)24-17(28)13-8-16-23-12(10-2-4-11(19)5-3-10)7-14(18(20,21)22)27(16)25-13/h2-6,8,12,14,23H,7H2,1H3,(H,24,26,28)/t12-,14-/m0/s1. The van der Waals surface area contributed by atoms with Crippen LogP contribution in [0.1, 0.15) is 40.3 Å². The van der Waals surface area contributed by atoms with Gasteiger partial charge in [-0.25, -0.2) is 4.68 Å². The lowest BCUT2D eigenvalue weighted by atomic mass is 9.97. The van der Waals surface area contributed by atoms with E-state index in [0.29, 0.717) is 11.3 Å². The molecule has 1 aliphatic heterocycles. The fraction of sp³-hybridized carbons (Fsp3) is 0.278. The van der Waals surface area contributed by atoms with E-state index in [9.17, 15) is 18.0 Å². The minimum atomic E-state index is -4.52. The van der Waals surface area contributed by atoms with Crippen LogP contribution in [0.5, 0.6) is 0 Å². The van der Waals surface area contributed by atoms with Gasteiger partial charge in [-0.1, -0.05) is 33.2 Å². The van der Waals surface area contributed by atoms with Crippen molar-refractivity contribution in [1.29, 1.82) is 0 Å². The highest BCUT2D eigenvalue weighted by Gasteiger charge is 2.46. The molecule has 4 rings (SSSR count). The molecule has 0 spiro atoms. The molecule has 2 N–H and O–H groups in total. The second kappa shape index (κ2) is 7.21. The van der Waals surface area contributed by atoms with Gasteiger partial charge < -0.3 is 15.2 Å². The Hall–Kier alpha value is -2.82. The van der Waals surface area contributed by atoms with Crippen molar-refractivity contribution in [2.24, 2.45) is 0 Å². The van der Waals surface area contributed by atoms with E-state index in [-0.39, 0.29) is 23.8 Å². The van der Waals surface area contributed by atoms with Crippen LogP contribution in [-0.4, -0.2) is 27.0 Å². The maximum Gasteiger partial charge on any atom is 0.410 e. The van der Waals surface area contributed by atoms with Crippen LogP contribution in [0.3, 0.4) is 0 Å². The van der Waals surface area contributed by atoms with Gasteiger partial charge in [0.25, 0.3) is 5.91 Å². The first-order valence-corrected chi connectivity index (χ1v) is 9.43. The Balaban J connectivity index is 1.64. The third kappa shape index (κ3) is 4.00. The van der Waals surface area contributed by atoms with Crippen molar-refractivity contribution in [2.45, 2.75) is 31.6 Å². The van der Waals surface area contributed by atoms with Crippen LogP contribution in [0.25, 0.3) is 0 Å². The highest BCUT2D eigenvalue weighted by Crippen LogP contribution is 2.43. The van der Waals surface area contributed by atoms with Gasteiger partial charge in [0.2, 0.25) is 0 Å². The van der Waals surface area contributed by atoms with Crippen LogP contribution < -0.4 is 10.6 Å². The molecule has 1 aliphatic rings. The molecule has 3 aromatic rings. The molecule has 0 radical (unpaired) electrons. The number of rotatable bonds is 3. The van der Waals surface area contributed by atoms with Gasteiger partial charge in [0.05, 0.1) is 6.04 Å². The second-order valence-corrected chi connectivity index (χ2v) is 7.59. The van der Waals surface area contributed by atoms with Crippen molar-refractivity contribution in [3.8, 4) is 0 Å². The van der Waals surface area contributed by atoms with Gasteiger partial charge in [-0.05, 0) is 24.6 Å². The molecule has 7 nitrogen and oxygen atoms in total. The lowest BCUT2D eigenvalue weighted by Crippen LogP contribution is -2.35. The molecule has 0 saturated carbocycles. The van der Waals surface area contributed by atoms with E-state index in [1.165, 1.54) is 12.1 Å². The maximum atomic E-state index is 13.7. The lowest BCUT2D eigenvalue weighted by molar-refractivity contribution is -0.173.